The molecule has 0 spiro atoms. The average molecular weight is 340 g/mol. The molecule has 3 rings (SSSR count). The van der Waals surface area contributed by atoms with E-state index in [1.807, 2.05) is 18.2 Å². The van der Waals surface area contributed by atoms with Gasteiger partial charge in [-0.3, -0.25) is 19.6 Å². The minimum Gasteiger partial charge on any atom is -0.338 e. The van der Waals surface area contributed by atoms with Crippen LogP contribution in [0.2, 0.25) is 0 Å². The van der Waals surface area contributed by atoms with E-state index in [2.05, 4.69) is 21.0 Å². The van der Waals surface area contributed by atoms with Crippen molar-refractivity contribution in [2.45, 2.75) is 26.2 Å². The monoisotopic (exact) mass is 340 g/mol. The molecule has 25 heavy (non-hydrogen) atoms. The van der Waals surface area contributed by atoms with E-state index >= 15 is 0 Å². The van der Waals surface area contributed by atoms with Gasteiger partial charge in [0.1, 0.15) is 0 Å². The summed E-state index contributed by atoms with van der Waals surface area (Å²) in [4.78, 5) is 46.5. The Morgan fingerprint density at radius 1 is 1.28 bits per heavy atom. The van der Waals surface area contributed by atoms with Gasteiger partial charge in [-0.25, -0.2) is 4.79 Å². The van der Waals surface area contributed by atoms with Gasteiger partial charge in [-0.2, -0.15) is 0 Å². The van der Waals surface area contributed by atoms with Crippen molar-refractivity contribution in [2.24, 2.45) is 0 Å². The summed E-state index contributed by atoms with van der Waals surface area (Å²) in [5.41, 5.74) is 1.92. The smallest absolute Gasteiger partial charge is 0.325 e. The molecule has 2 N–H and O–H groups in total. The molecule has 3 heterocycles. The second kappa shape index (κ2) is 7.29. The van der Waals surface area contributed by atoms with Gasteiger partial charge in [0, 0.05) is 37.0 Å². The fourth-order valence-corrected chi connectivity index (χ4v) is 3.01. The number of hydrogen-bond donors (Lipinski definition) is 2. The highest BCUT2D eigenvalue weighted by atomic mass is 16.2. The van der Waals surface area contributed by atoms with Gasteiger partial charge >= 0.3 is 5.69 Å². The molecule has 0 aromatic carbocycles. The molecule has 0 unspecified atom stereocenters. The number of rotatable bonds is 4. The molecule has 7 nitrogen and oxygen atoms in total. The summed E-state index contributed by atoms with van der Waals surface area (Å²) in [6, 6.07) is 5.72. The molecule has 1 aliphatic heterocycles. The van der Waals surface area contributed by atoms with E-state index in [-0.39, 0.29) is 12.3 Å². The Labute approximate surface area is 144 Å². The molecule has 0 fully saturated rings. The predicted molar refractivity (Wildman–Crippen MR) is 94.2 cm³/mol. The van der Waals surface area contributed by atoms with E-state index in [0.717, 1.165) is 17.7 Å². The number of H-pyrrole nitrogens is 2. The van der Waals surface area contributed by atoms with Crippen LogP contribution in [0, 0.1) is 6.92 Å². The van der Waals surface area contributed by atoms with Crippen LogP contribution in [-0.2, 0) is 11.2 Å². The average Bonchev–Trinajstić information content (AvgIpc) is 2.61. The number of nitrogens with one attached hydrogen (secondary N) is 2. The zero-order chi connectivity index (χ0) is 17.8. The predicted octanol–water partition coefficient (Wildman–Crippen LogP) is 1.02. The van der Waals surface area contributed by atoms with Gasteiger partial charge in [-0.1, -0.05) is 12.1 Å². The molecular weight excluding hydrogens is 320 g/mol. The van der Waals surface area contributed by atoms with Crippen LogP contribution in [0.4, 0.5) is 0 Å². The van der Waals surface area contributed by atoms with Crippen LogP contribution in [0.1, 0.15) is 29.8 Å². The molecule has 130 valence electrons. The molecule has 7 heteroatoms. The van der Waals surface area contributed by atoms with Crippen LogP contribution in [-0.4, -0.2) is 38.8 Å². The van der Waals surface area contributed by atoms with E-state index in [9.17, 15) is 14.4 Å². The molecule has 0 saturated carbocycles. The molecule has 0 radical (unpaired) electrons. The summed E-state index contributed by atoms with van der Waals surface area (Å²) in [6.45, 7) is 2.85. The van der Waals surface area contributed by atoms with E-state index in [0.29, 0.717) is 30.8 Å². The number of nitrogens with zero attached hydrogens (tertiary/aromatic N) is 2. The van der Waals surface area contributed by atoms with Crippen molar-refractivity contribution < 1.29 is 4.79 Å². The lowest BCUT2D eigenvalue weighted by atomic mass is 10.0. The van der Waals surface area contributed by atoms with Crippen LogP contribution >= 0.6 is 0 Å². The third-order valence-corrected chi connectivity index (χ3v) is 4.34. The molecular formula is C18H20N4O3. The van der Waals surface area contributed by atoms with Crippen LogP contribution in [0.5, 0.6) is 0 Å². The normalized spacial score (nSPS) is 14.3. The maximum absolute atomic E-state index is 12.5. The summed E-state index contributed by atoms with van der Waals surface area (Å²) in [5, 5.41) is 0. The Morgan fingerprint density at radius 3 is 2.84 bits per heavy atom. The van der Waals surface area contributed by atoms with Crippen molar-refractivity contribution in [2.75, 3.05) is 13.1 Å². The highest BCUT2D eigenvalue weighted by Gasteiger charge is 2.20. The lowest BCUT2D eigenvalue weighted by Crippen LogP contribution is -2.36. The molecule has 2 aromatic heterocycles. The van der Waals surface area contributed by atoms with Crippen molar-refractivity contribution in [3.05, 3.63) is 68.3 Å². The van der Waals surface area contributed by atoms with Crippen LogP contribution in [0.3, 0.4) is 0 Å². The molecule has 0 atom stereocenters. The van der Waals surface area contributed by atoms with Crippen molar-refractivity contribution >= 4 is 11.5 Å². The Kier molecular flexibility index (Phi) is 4.92. The largest absolute Gasteiger partial charge is 0.338 e. The highest BCUT2D eigenvalue weighted by molar-refractivity contribution is 5.80. The Morgan fingerprint density at radius 2 is 2.12 bits per heavy atom. The van der Waals surface area contributed by atoms with Gasteiger partial charge in [0.25, 0.3) is 5.56 Å². The second-order valence-corrected chi connectivity index (χ2v) is 6.06. The first-order chi connectivity index (χ1) is 12.0. The number of hydrogen-bond acceptors (Lipinski definition) is 4. The summed E-state index contributed by atoms with van der Waals surface area (Å²) in [5.74, 6) is -0.00784. The number of carbonyl (C=O) groups excluding carboxylic acids is 1. The maximum atomic E-state index is 12.5. The molecule has 0 bridgehead atoms. The van der Waals surface area contributed by atoms with Crippen LogP contribution < -0.4 is 11.2 Å². The number of aryl methyl sites for hydroxylation is 1. The fraction of sp³-hybridized carbons (Fsp3) is 0.333. The summed E-state index contributed by atoms with van der Waals surface area (Å²) < 4.78 is 0. The van der Waals surface area contributed by atoms with Crippen LogP contribution in [0.25, 0.3) is 5.57 Å². The SMILES string of the molecule is Cc1[nH]c(=O)[nH]c(=O)c1CCC(=O)N1CCC=C(c2ccccn2)C1. The standard InChI is InChI=1S/C18H20N4O3/c1-12-14(17(24)21-18(25)20-12)7-8-16(23)22-10-4-5-13(11-22)15-6-2-3-9-19-15/h2-3,5-6,9H,4,7-8,10-11H2,1H3,(H2,20,21,24,25). The summed E-state index contributed by atoms with van der Waals surface area (Å²) in [6.07, 6.45) is 5.17. The minimum absolute atomic E-state index is 0.00784. The molecule has 1 aliphatic rings. The first-order valence-electron chi connectivity index (χ1n) is 8.25. The topological polar surface area (TPSA) is 98.9 Å². The van der Waals surface area contributed by atoms with Gasteiger partial charge in [-0.05, 0) is 37.5 Å². The first kappa shape index (κ1) is 16.9. The van der Waals surface area contributed by atoms with E-state index in [1.165, 1.54) is 0 Å². The first-order valence-corrected chi connectivity index (χ1v) is 8.25. The fourth-order valence-electron chi connectivity index (χ4n) is 3.01. The lowest BCUT2D eigenvalue weighted by Gasteiger charge is -2.27. The van der Waals surface area contributed by atoms with Gasteiger partial charge in [0.2, 0.25) is 5.91 Å². The third kappa shape index (κ3) is 3.93. The van der Waals surface area contributed by atoms with Crippen molar-refractivity contribution in [1.29, 1.82) is 0 Å². The number of pyridine rings is 1. The van der Waals surface area contributed by atoms with Gasteiger partial charge in [0.05, 0.1) is 5.69 Å². The number of aromatic nitrogens is 3. The van der Waals surface area contributed by atoms with Gasteiger partial charge < -0.3 is 9.88 Å². The zero-order valence-electron chi connectivity index (χ0n) is 14.0. The zero-order valence-corrected chi connectivity index (χ0v) is 14.0. The number of carbonyl (C=O) groups is 1. The molecule has 1 amide bonds. The van der Waals surface area contributed by atoms with Crippen molar-refractivity contribution in [3.63, 3.8) is 0 Å². The number of amides is 1. The van der Waals surface area contributed by atoms with E-state index in [4.69, 9.17) is 0 Å². The summed E-state index contributed by atoms with van der Waals surface area (Å²) in [7, 11) is 0. The molecule has 2 aromatic rings. The molecule has 0 aliphatic carbocycles. The van der Waals surface area contributed by atoms with E-state index < -0.39 is 11.2 Å². The van der Waals surface area contributed by atoms with E-state index in [1.54, 1.807) is 18.0 Å². The third-order valence-electron chi connectivity index (χ3n) is 4.34. The van der Waals surface area contributed by atoms with Crippen molar-refractivity contribution in [1.82, 2.24) is 19.9 Å². The quantitative estimate of drug-likeness (QED) is 0.868. The lowest BCUT2D eigenvalue weighted by molar-refractivity contribution is -0.130. The summed E-state index contributed by atoms with van der Waals surface area (Å²) >= 11 is 0. The number of aromatic amines is 2. The maximum Gasteiger partial charge on any atom is 0.325 e. The Bertz CT molecular complexity index is 912. The van der Waals surface area contributed by atoms with Crippen molar-refractivity contribution in [3.8, 4) is 0 Å². The van der Waals surface area contributed by atoms with Gasteiger partial charge in [0.15, 0.2) is 0 Å². The van der Waals surface area contributed by atoms with Gasteiger partial charge in [-0.15, -0.1) is 0 Å². The second-order valence-electron chi connectivity index (χ2n) is 6.06. The minimum atomic E-state index is -0.529. The molecule has 0 saturated heterocycles. The highest BCUT2D eigenvalue weighted by Crippen LogP contribution is 2.19. The van der Waals surface area contributed by atoms with Crippen LogP contribution in [0.15, 0.2) is 40.1 Å². The Balaban J connectivity index is 1.66. The Hall–Kier alpha value is -2.96.